The van der Waals surface area contributed by atoms with Gasteiger partial charge in [0.05, 0.1) is 0 Å². The average molecular weight is 200 g/mol. The third-order valence-corrected chi connectivity index (χ3v) is 3.78. The van der Waals surface area contributed by atoms with Crippen molar-refractivity contribution in [3.63, 3.8) is 0 Å². The second kappa shape index (κ2) is 4.22. The summed E-state index contributed by atoms with van der Waals surface area (Å²) in [5, 5.41) is 0. The molecule has 1 atom stereocenters. The maximum Gasteiger partial charge on any atom is 0.0166 e. The Morgan fingerprint density at radius 2 is 2.07 bits per heavy atom. The second-order valence-electron chi connectivity index (χ2n) is 4.72. The molecule has 15 heavy (non-hydrogen) atoms. The van der Waals surface area contributed by atoms with Crippen molar-refractivity contribution in [1.82, 2.24) is 0 Å². The van der Waals surface area contributed by atoms with Crippen molar-refractivity contribution < 1.29 is 0 Å². The smallest absolute Gasteiger partial charge is 0.0166 e. The van der Waals surface area contributed by atoms with Crippen LogP contribution in [0.5, 0.6) is 0 Å². The molecule has 0 fully saturated rings. The van der Waals surface area contributed by atoms with Gasteiger partial charge in [-0.25, -0.2) is 0 Å². The molecule has 2 aliphatic rings. The number of rotatable bonds is 4. The Labute approximate surface area is 93.1 Å². The lowest BCUT2D eigenvalue weighted by molar-refractivity contribution is 0.319. The lowest BCUT2D eigenvalue weighted by atomic mass is 9.65. The zero-order chi connectivity index (χ0) is 10.7. The number of allylic oxidation sites excluding steroid dienone is 7. The van der Waals surface area contributed by atoms with Gasteiger partial charge in [-0.3, -0.25) is 0 Å². The van der Waals surface area contributed by atoms with Crippen molar-refractivity contribution in [2.75, 3.05) is 0 Å². The Morgan fingerprint density at radius 1 is 1.40 bits per heavy atom. The first-order valence-electron chi connectivity index (χ1n) is 5.92. The summed E-state index contributed by atoms with van der Waals surface area (Å²) in [5.74, 6) is 0.852. The van der Waals surface area contributed by atoms with Crippen LogP contribution >= 0.6 is 0 Å². The van der Waals surface area contributed by atoms with E-state index in [0.717, 1.165) is 5.92 Å². The Balaban J connectivity index is 2.08. The van der Waals surface area contributed by atoms with Crippen LogP contribution in [0.15, 0.2) is 48.6 Å². The van der Waals surface area contributed by atoms with Crippen molar-refractivity contribution >= 4 is 0 Å². The first-order chi connectivity index (χ1) is 7.30. The Bertz CT molecular complexity index is 322. The van der Waals surface area contributed by atoms with E-state index in [-0.39, 0.29) is 0 Å². The highest BCUT2D eigenvalue weighted by atomic mass is 14.4. The van der Waals surface area contributed by atoms with Crippen LogP contribution < -0.4 is 0 Å². The summed E-state index contributed by atoms with van der Waals surface area (Å²) in [6.07, 6.45) is 18.6. The van der Waals surface area contributed by atoms with E-state index in [0.29, 0.717) is 5.41 Å². The van der Waals surface area contributed by atoms with Gasteiger partial charge in [-0.1, -0.05) is 43.0 Å². The Kier molecular flexibility index (Phi) is 2.95. The second-order valence-corrected chi connectivity index (χ2v) is 4.72. The Morgan fingerprint density at radius 3 is 2.47 bits per heavy atom. The summed E-state index contributed by atoms with van der Waals surface area (Å²) in [6.45, 7) is 6.06. The van der Waals surface area contributed by atoms with Crippen LogP contribution in [-0.2, 0) is 0 Å². The summed E-state index contributed by atoms with van der Waals surface area (Å²) in [7, 11) is 0. The van der Waals surface area contributed by atoms with Crippen LogP contribution in [0, 0.1) is 11.3 Å². The number of hydrogen-bond acceptors (Lipinski definition) is 0. The lowest BCUT2D eigenvalue weighted by Gasteiger charge is -2.39. The van der Waals surface area contributed by atoms with E-state index in [1.54, 1.807) is 0 Å². The minimum absolute atomic E-state index is 0.327. The minimum atomic E-state index is 0.327. The molecule has 0 bridgehead atoms. The molecule has 0 heterocycles. The molecule has 80 valence electrons. The molecule has 0 saturated carbocycles. The first-order valence-corrected chi connectivity index (χ1v) is 5.92. The summed E-state index contributed by atoms with van der Waals surface area (Å²) < 4.78 is 0. The van der Waals surface area contributed by atoms with Gasteiger partial charge in [-0.05, 0) is 44.1 Å². The van der Waals surface area contributed by atoms with Crippen molar-refractivity contribution in [2.45, 2.75) is 32.6 Å². The molecule has 0 aromatic rings. The highest BCUT2D eigenvalue weighted by Gasteiger charge is 2.36. The molecule has 0 N–H and O–H groups in total. The van der Waals surface area contributed by atoms with Crippen molar-refractivity contribution in [2.24, 2.45) is 11.3 Å². The molecular formula is C15H20. The van der Waals surface area contributed by atoms with E-state index < -0.39 is 0 Å². The van der Waals surface area contributed by atoms with Crippen LogP contribution in [0.2, 0.25) is 0 Å². The average Bonchev–Trinajstić information content (AvgIpc) is 2.68. The van der Waals surface area contributed by atoms with Gasteiger partial charge in [0.15, 0.2) is 0 Å². The van der Waals surface area contributed by atoms with Crippen molar-refractivity contribution in [3.8, 4) is 0 Å². The molecule has 2 aliphatic carbocycles. The normalized spacial score (nSPS) is 30.6. The Hall–Kier alpha value is -1.04. The van der Waals surface area contributed by atoms with E-state index in [1.165, 1.54) is 31.3 Å². The van der Waals surface area contributed by atoms with Gasteiger partial charge in [0.2, 0.25) is 0 Å². The highest BCUT2D eigenvalue weighted by molar-refractivity contribution is 5.36. The quantitative estimate of drug-likeness (QED) is 0.465. The zero-order valence-electron chi connectivity index (χ0n) is 9.58. The summed E-state index contributed by atoms with van der Waals surface area (Å²) in [4.78, 5) is 0. The third-order valence-electron chi connectivity index (χ3n) is 3.78. The molecular weight excluding hydrogens is 180 g/mol. The molecule has 0 saturated heterocycles. The van der Waals surface area contributed by atoms with Gasteiger partial charge < -0.3 is 0 Å². The highest BCUT2D eigenvalue weighted by Crippen LogP contribution is 2.48. The van der Waals surface area contributed by atoms with Gasteiger partial charge in [0.25, 0.3) is 0 Å². The van der Waals surface area contributed by atoms with Crippen LogP contribution in [0.1, 0.15) is 32.6 Å². The summed E-state index contributed by atoms with van der Waals surface area (Å²) in [6, 6.07) is 0. The van der Waals surface area contributed by atoms with Gasteiger partial charge in [-0.15, -0.1) is 0 Å². The molecule has 1 unspecified atom stereocenters. The molecule has 0 aliphatic heterocycles. The molecule has 0 nitrogen and oxygen atoms in total. The minimum Gasteiger partial charge on any atom is -0.0988 e. The van der Waals surface area contributed by atoms with Crippen molar-refractivity contribution in [3.05, 3.63) is 48.6 Å². The monoisotopic (exact) mass is 200 g/mol. The lowest BCUT2D eigenvalue weighted by Crippen LogP contribution is -2.27. The van der Waals surface area contributed by atoms with Crippen LogP contribution in [0.4, 0.5) is 0 Å². The van der Waals surface area contributed by atoms with E-state index >= 15 is 0 Å². The predicted octanol–water partition coefficient (Wildman–Crippen LogP) is 4.42. The third kappa shape index (κ3) is 1.86. The maximum atomic E-state index is 3.94. The van der Waals surface area contributed by atoms with E-state index in [9.17, 15) is 0 Å². The topological polar surface area (TPSA) is 0 Å². The molecule has 0 amide bonds. The maximum absolute atomic E-state index is 3.94. The summed E-state index contributed by atoms with van der Waals surface area (Å²) >= 11 is 0. The standard InChI is InChI=1S/C15H20/c1-3-14(4-2)15(10-7-11-15)12-13-8-5-6-9-13/h3-7,10,13H,1,8-9,11-12H2,2H3/b14-4+. The van der Waals surface area contributed by atoms with E-state index in [1.807, 2.05) is 6.08 Å². The van der Waals surface area contributed by atoms with Crippen LogP contribution in [-0.4, -0.2) is 0 Å². The fourth-order valence-electron chi connectivity index (χ4n) is 2.85. The van der Waals surface area contributed by atoms with Gasteiger partial charge in [0.1, 0.15) is 0 Å². The zero-order valence-corrected chi connectivity index (χ0v) is 9.58. The van der Waals surface area contributed by atoms with E-state index in [2.05, 4.69) is 43.9 Å². The molecule has 0 heteroatoms. The number of hydrogen-bond donors (Lipinski definition) is 0. The predicted molar refractivity (Wildman–Crippen MR) is 66.6 cm³/mol. The molecule has 0 aromatic heterocycles. The van der Waals surface area contributed by atoms with Gasteiger partial charge in [-0.2, -0.15) is 0 Å². The molecule has 0 radical (unpaired) electrons. The van der Waals surface area contributed by atoms with Crippen molar-refractivity contribution in [1.29, 1.82) is 0 Å². The van der Waals surface area contributed by atoms with Crippen LogP contribution in [0.3, 0.4) is 0 Å². The largest absolute Gasteiger partial charge is 0.0988 e. The first kappa shape index (κ1) is 10.5. The molecule has 2 rings (SSSR count). The fourth-order valence-corrected chi connectivity index (χ4v) is 2.85. The van der Waals surface area contributed by atoms with Gasteiger partial charge in [0, 0.05) is 5.41 Å². The fraction of sp³-hybridized carbons (Fsp3) is 0.467. The molecule has 0 aromatic carbocycles. The van der Waals surface area contributed by atoms with E-state index in [4.69, 9.17) is 0 Å². The SMILES string of the molecule is C=C/C(=C\C)C1(CC2CC=CC2)C=CC1. The molecule has 0 spiro atoms. The summed E-state index contributed by atoms with van der Waals surface area (Å²) in [5.41, 5.74) is 1.74. The van der Waals surface area contributed by atoms with Gasteiger partial charge >= 0.3 is 0 Å². The van der Waals surface area contributed by atoms with Crippen LogP contribution in [0.25, 0.3) is 0 Å².